The van der Waals surface area contributed by atoms with E-state index in [1.54, 1.807) is 11.0 Å². The molecule has 3 aromatic heterocycles. The predicted octanol–water partition coefficient (Wildman–Crippen LogP) is 2.48. The minimum absolute atomic E-state index is 0.0705. The lowest BCUT2D eigenvalue weighted by Crippen LogP contribution is -2.47. The number of carbonyl (C=O) groups is 1. The van der Waals surface area contributed by atoms with Crippen molar-refractivity contribution in [3.05, 3.63) is 43.0 Å². The van der Waals surface area contributed by atoms with Crippen molar-refractivity contribution in [1.82, 2.24) is 34.2 Å². The maximum atomic E-state index is 12.5. The molecular formula is C27H33N9O2. The van der Waals surface area contributed by atoms with E-state index in [1.807, 2.05) is 54.2 Å². The Labute approximate surface area is 221 Å². The van der Waals surface area contributed by atoms with Gasteiger partial charge in [-0.1, -0.05) is 6.07 Å². The van der Waals surface area contributed by atoms with Crippen LogP contribution in [-0.4, -0.2) is 86.0 Å². The molecule has 2 aliphatic heterocycles. The van der Waals surface area contributed by atoms with Crippen LogP contribution < -0.4 is 14.5 Å². The zero-order valence-electron chi connectivity index (χ0n) is 22.0. The number of fused-ring (bicyclic) bond motifs is 1. The fraction of sp³-hybridized carbons (Fsp3) is 0.444. The molecule has 11 heteroatoms. The summed E-state index contributed by atoms with van der Waals surface area (Å²) in [7, 11) is 3.87. The van der Waals surface area contributed by atoms with E-state index >= 15 is 0 Å². The van der Waals surface area contributed by atoms with E-state index in [0.717, 1.165) is 91.9 Å². The summed E-state index contributed by atoms with van der Waals surface area (Å²) in [5.74, 6) is 2.48. The molecular weight excluding hydrogens is 482 g/mol. The fourth-order valence-electron chi connectivity index (χ4n) is 5.34. The first-order chi connectivity index (χ1) is 18.6. The van der Waals surface area contributed by atoms with Crippen LogP contribution in [0.3, 0.4) is 0 Å². The summed E-state index contributed by atoms with van der Waals surface area (Å²) in [5, 5.41) is 4.28. The van der Waals surface area contributed by atoms with Gasteiger partial charge in [0.25, 0.3) is 5.91 Å². The van der Waals surface area contributed by atoms with E-state index in [0.29, 0.717) is 0 Å². The van der Waals surface area contributed by atoms with Crippen molar-refractivity contribution in [2.24, 2.45) is 14.1 Å². The van der Waals surface area contributed by atoms with Crippen LogP contribution in [0, 0.1) is 0 Å². The number of benzene rings is 1. The van der Waals surface area contributed by atoms with Crippen molar-refractivity contribution in [3.8, 4) is 17.1 Å². The fourth-order valence-corrected chi connectivity index (χ4v) is 5.34. The van der Waals surface area contributed by atoms with Crippen LogP contribution in [0.1, 0.15) is 19.3 Å². The van der Waals surface area contributed by atoms with E-state index in [9.17, 15) is 4.79 Å². The highest BCUT2D eigenvalue weighted by molar-refractivity contribution is 5.87. The zero-order valence-corrected chi connectivity index (χ0v) is 22.0. The standard InChI is InChI=1S/C27H33N9O2/c1-32-17-20(16-30-32)25-31-24-26(33(25)2)28-19-29-27(24)36-13-11-34(12-14-36)21-7-6-8-22(15-21)38-18-23(37)35-9-4-3-5-10-35/h6-8,15-17,19H,3-5,9-14,18H2,1-2H3. The third-order valence-corrected chi connectivity index (χ3v) is 7.43. The van der Waals surface area contributed by atoms with E-state index < -0.39 is 0 Å². The number of hydrogen-bond donors (Lipinski definition) is 0. The van der Waals surface area contributed by atoms with Crippen LogP contribution in [-0.2, 0) is 18.9 Å². The number of likely N-dealkylation sites (tertiary alicyclic amines) is 1. The van der Waals surface area contributed by atoms with E-state index in [-0.39, 0.29) is 12.5 Å². The number of piperidine rings is 1. The molecule has 1 amide bonds. The number of hydrogen-bond acceptors (Lipinski definition) is 8. The highest BCUT2D eigenvalue weighted by atomic mass is 16.5. The molecule has 6 rings (SSSR count). The van der Waals surface area contributed by atoms with Gasteiger partial charge in [-0.3, -0.25) is 9.48 Å². The van der Waals surface area contributed by atoms with Crippen LogP contribution in [0.25, 0.3) is 22.6 Å². The van der Waals surface area contributed by atoms with Gasteiger partial charge in [0.2, 0.25) is 0 Å². The molecule has 0 spiro atoms. The minimum atomic E-state index is 0.0705. The molecule has 0 aliphatic carbocycles. The lowest BCUT2D eigenvalue weighted by atomic mass is 10.1. The van der Waals surface area contributed by atoms with Crippen molar-refractivity contribution in [3.63, 3.8) is 0 Å². The molecule has 11 nitrogen and oxygen atoms in total. The van der Waals surface area contributed by atoms with Crippen LogP contribution in [0.5, 0.6) is 5.75 Å². The second-order valence-electron chi connectivity index (χ2n) is 9.97. The Morgan fingerprint density at radius 3 is 2.53 bits per heavy atom. The topological polar surface area (TPSA) is 97.4 Å². The smallest absolute Gasteiger partial charge is 0.260 e. The molecule has 0 N–H and O–H groups in total. The minimum Gasteiger partial charge on any atom is -0.484 e. The maximum Gasteiger partial charge on any atom is 0.260 e. The van der Waals surface area contributed by atoms with E-state index in [2.05, 4.69) is 30.9 Å². The zero-order chi connectivity index (χ0) is 26.1. The average molecular weight is 516 g/mol. The van der Waals surface area contributed by atoms with Crippen LogP contribution >= 0.6 is 0 Å². The quantitative estimate of drug-likeness (QED) is 0.386. The number of amides is 1. The Hall–Kier alpha value is -4.15. The van der Waals surface area contributed by atoms with Gasteiger partial charge in [-0.25, -0.2) is 15.0 Å². The number of aryl methyl sites for hydroxylation is 2. The average Bonchev–Trinajstić information content (AvgIpc) is 3.55. The summed E-state index contributed by atoms with van der Waals surface area (Å²) in [6, 6.07) is 8.03. The molecule has 0 radical (unpaired) electrons. The molecule has 2 saturated heterocycles. The number of rotatable bonds is 6. The summed E-state index contributed by atoms with van der Waals surface area (Å²) in [6.07, 6.45) is 8.75. The van der Waals surface area contributed by atoms with Gasteiger partial charge in [0.05, 0.1) is 11.8 Å². The molecule has 38 heavy (non-hydrogen) atoms. The van der Waals surface area contributed by atoms with Crippen LogP contribution in [0.15, 0.2) is 43.0 Å². The largest absolute Gasteiger partial charge is 0.484 e. The van der Waals surface area contributed by atoms with Gasteiger partial charge in [0, 0.05) is 71.3 Å². The molecule has 2 aliphatic rings. The first kappa shape index (κ1) is 24.2. The van der Waals surface area contributed by atoms with Gasteiger partial charge in [-0.05, 0) is 31.4 Å². The number of anilines is 2. The van der Waals surface area contributed by atoms with Gasteiger partial charge in [0.15, 0.2) is 23.6 Å². The SMILES string of the molecule is Cn1cc(-c2nc3c(N4CCN(c5cccc(OCC(=O)N6CCCCC6)c5)CC4)ncnc3n2C)cn1. The van der Waals surface area contributed by atoms with Crippen molar-refractivity contribution < 1.29 is 9.53 Å². The van der Waals surface area contributed by atoms with E-state index in [4.69, 9.17) is 9.72 Å². The second kappa shape index (κ2) is 10.3. The van der Waals surface area contributed by atoms with E-state index in [1.165, 1.54) is 6.42 Å². The second-order valence-corrected chi connectivity index (χ2v) is 9.97. The lowest BCUT2D eigenvalue weighted by Gasteiger charge is -2.36. The first-order valence-corrected chi connectivity index (χ1v) is 13.2. The number of ether oxygens (including phenoxy) is 1. The van der Waals surface area contributed by atoms with Gasteiger partial charge < -0.3 is 24.0 Å². The Kier molecular flexibility index (Phi) is 6.57. The first-order valence-electron chi connectivity index (χ1n) is 13.2. The van der Waals surface area contributed by atoms with Crippen molar-refractivity contribution in [2.45, 2.75) is 19.3 Å². The monoisotopic (exact) mass is 515 g/mol. The summed E-state index contributed by atoms with van der Waals surface area (Å²) >= 11 is 0. The highest BCUT2D eigenvalue weighted by Gasteiger charge is 2.24. The Balaban J connectivity index is 1.12. The number of aromatic nitrogens is 6. The lowest BCUT2D eigenvalue weighted by molar-refractivity contribution is -0.134. The van der Waals surface area contributed by atoms with Crippen molar-refractivity contribution in [1.29, 1.82) is 0 Å². The molecule has 0 atom stereocenters. The van der Waals surface area contributed by atoms with Gasteiger partial charge in [-0.15, -0.1) is 0 Å². The maximum absolute atomic E-state index is 12.5. The summed E-state index contributed by atoms with van der Waals surface area (Å²) < 4.78 is 9.65. The summed E-state index contributed by atoms with van der Waals surface area (Å²) in [4.78, 5) is 33.1. The van der Waals surface area contributed by atoms with Crippen LogP contribution in [0.4, 0.5) is 11.5 Å². The van der Waals surface area contributed by atoms with Crippen molar-refractivity contribution >= 4 is 28.6 Å². The number of carbonyl (C=O) groups excluding carboxylic acids is 1. The Morgan fingerprint density at radius 1 is 0.974 bits per heavy atom. The molecule has 2 fully saturated rings. The number of imidazole rings is 1. The van der Waals surface area contributed by atoms with Crippen LogP contribution in [0.2, 0.25) is 0 Å². The van der Waals surface area contributed by atoms with Crippen molar-refractivity contribution in [2.75, 3.05) is 55.7 Å². The number of nitrogens with zero attached hydrogens (tertiary/aromatic N) is 9. The molecule has 5 heterocycles. The molecule has 4 aromatic rings. The Morgan fingerprint density at radius 2 is 1.76 bits per heavy atom. The predicted molar refractivity (Wildman–Crippen MR) is 145 cm³/mol. The highest BCUT2D eigenvalue weighted by Crippen LogP contribution is 2.29. The van der Waals surface area contributed by atoms with Gasteiger partial charge in [-0.2, -0.15) is 5.10 Å². The normalized spacial score (nSPS) is 16.3. The third-order valence-electron chi connectivity index (χ3n) is 7.43. The van der Waals surface area contributed by atoms with Gasteiger partial charge in [0.1, 0.15) is 17.9 Å². The molecule has 1 aromatic carbocycles. The molecule has 0 bridgehead atoms. The Bertz CT molecular complexity index is 1430. The third kappa shape index (κ3) is 4.75. The molecule has 198 valence electrons. The molecule has 0 unspecified atom stereocenters. The summed E-state index contributed by atoms with van der Waals surface area (Å²) in [5.41, 5.74) is 3.65. The molecule has 0 saturated carbocycles. The summed E-state index contributed by atoms with van der Waals surface area (Å²) in [6.45, 7) is 5.07. The number of piperazine rings is 1. The van der Waals surface area contributed by atoms with Gasteiger partial charge >= 0.3 is 0 Å².